The Kier molecular flexibility index (Phi) is 3.31. The average Bonchev–Trinajstić information content (AvgIpc) is 2.76. The van der Waals surface area contributed by atoms with E-state index in [1.807, 2.05) is 18.2 Å². The van der Waals surface area contributed by atoms with Crippen LogP contribution in [0.3, 0.4) is 0 Å². The molecular weight excluding hydrogens is 310 g/mol. The van der Waals surface area contributed by atoms with Gasteiger partial charge in [-0.25, -0.2) is 0 Å². The number of fused-ring (bicyclic) bond motifs is 1. The Balaban J connectivity index is 1.86. The highest BCUT2D eigenvalue weighted by Gasteiger charge is 2.21. The molecule has 1 N–H and O–H groups in total. The van der Waals surface area contributed by atoms with E-state index in [0.29, 0.717) is 6.04 Å². The maximum atomic E-state index is 5.96. The maximum absolute atomic E-state index is 5.96. The molecular formula is C15H13BrClN. The van der Waals surface area contributed by atoms with E-state index in [9.17, 15) is 0 Å². The van der Waals surface area contributed by atoms with E-state index in [1.54, 1.807) is 0 Å². The minimum absolute atomic E-state index is 0.402. The number of halogens is 2. The second kappa shape index (κ2) is 4.94. The molecule has 0 spiro atoms. The molecule has 0 fully saturated rings. The number of hydrogen-bond acceptors (Lipinski definition) is 1. The van der Waals surface area contributed by atoms with E-state index in [-0.39, 0.29) is 0 Å². The fraction of sp³-hybridized carbons (Fsp3) is 0.200. The number of aryl methyl sites for hydroxylation is 1. The highest BCUT2D eigenvalue weighted by molar-refractivity contribution is 9.10. The molecule has 0 aromatic heterocycles. The molecule has 92 valence electrons. The van der Waals surface area contributed by atoms with Gasteiger partial charge in [-0.3, -0.25) is 0 Å². The van der Waals surface area contributed by atoms with Gasteiger partial charge in [0.05, 0.1) is 6.04 Å². The van der Waals surface area contributed by atoms with Crippen molar-refractivity contribution in [2.45, 2.75) is 18.9 Å². The predicted molar refractivity (Wildman–Crippen MR) is 80.3 cm³/mol. The molecule has 2 aromatic carbocycles. The Morgan fingerprint density at radius 3 is 2.83 bits per heavy atom. The largest absolute Gasteiger partial charge is 0.377 e. The summed E-state index contributed by atoms with van der Waals surface area (Å²) in [6.07, 6.45) is 2.30. The summed E-state index contributed by atoms with van der Waals surface area (Å²) >= 11 is 9.50. The topological polar surface area (TPSA) is 12.0 Å². The smallest absolute Gasteiger partial charge is 0.0520 e. The lowest BCUT2D eigenvalue weighted by molar-refractivity contribution is 0.761. The second-order valence-corrected chi connectivity index (χ2v) is 5.85. The highest BCUT2D eigenvalue weighted by atomic mass is 79.9. The van der Waals surface area contributed by atoms with Crippen LogP contribution in [-0.2, 0) is 6.42 Å². The van der Waals surface area contributed by atoms with Crippen molar-refractivity contribution in [3.63, 3.8) is 0 Å². The Bertz CT molecular complexity index is 582. The molecule has 0 radical (unpaired) electrons. The lowest BCUT2D eigenvalue weighted by atomic mass is 10.1. The predicted octanol–water partition coefficient (Wildman–Crippen LogP) is 5.20. The fourth-order valence-corrected chi connectivity index (χ4v) is 3.30. The van der Waals surface area contributed by atoms with Crippen LogP contribution >= 0.6 is 27.5 Å². The van der Waals surface area contributed by atoms with E-state index in [1.165, 1.54) is 11.1 Å². The van der Waals surface area contributed by atoms with Crippen LogP contribution in [0, 0.1) is 0 Å². The van der Waals surface area contributed by atoms with Crippen molar-refractivity contribution < 1.29 is 0 Å². The number of rotatable bonds is 2. The third kappa shape index (κ3) is 2.27. The molecule has 3 heteroatoms. The highest BCUT2D eigenvalue weighted by Crippen LogP contribution is 2.36. The third-order valence-corrected chi connectivity index (χ3v) is 4.28. The molecule has 0 heterocycles. The van der Waals surface area contributed by atoms with Gasteiger partial charge < -0.3 is 5.32 Å². The van der Waals surface area contributed by atoms with E-state index in [4.69, 9.17) is 11.6 Å². The Morgan fingerprint density at radius 2 is 2.00 bits per heavy atom. The van der Waals surface area contributed by atoms with E-state index in [2.05, 4.69) is 45.5 Å². The monoisotopic (exact) mass is 321 g/mol. The number of benzene rings is 2. The molecule has 1 nitrogen and oxygen atoms in total. The zero-order valence-electron chi connectivity index (χ0n) is 9.79. The Morgan fingerprint density at radius 1 is 1.17 bits per heavy atom. The van der Waals surface area contributed by atoms with Crippen LogP contribution in [0.1, 0.15) is 23.6 Å². The summed E-state index contributed by atoms with van der Waals surface area (Å²) in [6, 6.07) is 14.9. The quantitative estimate of drug-likeness (QED) is 0.801. The van der Waals surface area contributed by atoms with Gasteiger partial charge in [0.25, 0.3) is 0 Å². The van der Waals surface area contributed by atoms with Crippen LogP contribution in [0.2, 0.25) is 5.02 Å². The molecule has 1 atom stereocenters. The van der Waals surface area contributed by atoms with Gasteiger partial charge in [0, 0.05) is 15.2 Å². The normalized spacial score (nSPS) is 17.6. The SMILES string of the molecule is Clc1ccc(NC2CCc3ccccc32)c(Br)c1. The summed E-state index contributed by atoms with van der Waals surface area (Å²) in [5.74, 6) is 0. The van der Waals surface area contributed by atoms with Crippen molar-refractivity contribution in [3.8, 4) is 0 Å². The molecule has 2 aromatic rings. The van der Waals surface area contributed by atoms with Crippen LogP contribution in [0.25, 0.3) is 0 Å². The molecule has 0 saturated carbocycles. The van der Waals surface area contributed by atoms with Gasteiger partial charge in [-0.15, -0.1) is 0 Å². The first-order chi connectivity index (χ1) is 8.74. The zero-order chi connectivity index (χ0) is 12.5. The van der Waals surface area contributed by atoms with Crippen molar-refractivity contribution in [1.29, 1.82) is 0 Å². The van der Waals surface area contributed by atoms with Crippen LogP contribution < -0.4 is 5.32 Å². The minimum atomic E-state index is 0.402. The molecule has 0 amide bonds. The first kappa shape index (κ1) is 12.1. The fourth-order valence-electron chi connectivity index (χ4n) is 2.50. The second-order valence-electron chi connectivity index (χ2n) is 4.56. The van der Waals surface area contributed by atoms with Crippen molar-refractivity contribution in [3.05, 3.63) is 63.1 Å². The van der Waals surface area contributed by atoms with Crippen molar-refractivity contribution in [2.75, 3.05) is 5.32 Å². The van der Waals surface area contributed by atoms with Crippen LogP contribution in [-0.4, -0.2) is 0 Å². The first-order valence-electron chi connectivity index (χ1n) is 6.03. The van der Waals surface area contributed by atoms with Crippen molar-refractivity contribution in [1.82, 2.24) is 0 Å². The van der Waals surface area contributed by atoms with Gasteiger partial charge in [-0.05, 0) is 58.1 Å². The molecule has 1 unspecified atom stereocenters. The summed E-state index contributed by atoms with van der Waals surface area (Å²) in [5, 5.41) is 4.34. The molecule has 1 aliphatic rings. The van der Waals surface area contributed by atoms with E-state index in [0.717, 1.165) is 28.0 Å². The molecule has 0 aliphatic heterocycles. The van der Waals surface area contributed by atoms with Crippen LogP contribution in [0.4, 0.5) is 5.69 Å². The molecule has 0 saturated heterocycles. The standard InChI is InChI=1S/C15H13BrClN/c16-13-9-11(17)6-8-15(13)18-14-7-5-10-3-1-2-4-12(10)14/h1-4,6,8-9,14,18H,5,7H2. The minimum Gasteiger partial charge on any atom is -0.377 e. The van der Waals surface area contributed by atoms with Crippen molar-refractivity contribution >= 4 is 33.2 Å². The number of nitrogens with one attached hydrogen (secondary N) is 1. The van der Waals surface area contributed by atoms with Gasteiger partial charge in [-0.1, -0.05) is 35.9 Å². The summed E-state index contributed by atoms with van der Waals surface area (Å²) in [7, 11) is 0. The van der Waals surface area contributed by atoms with Gasteiger partial charge in [-0.2, -0.15) is 0 Å². The number of anilines is 1. The van der Waals surface area contributed by atoms with Gasteiger partial charge in [0.1, 0.15) is 0 Å². The van der Waals surface area contributed by atoms with Gasteiger partial charge in [0.15, 0.2) is 0 Å². The molecule has 3 rings (SSSR count). The van der Waals surface area contributed by atoms with E-state index < -0.39 is 0 Å². The molecule has 0 bridgehead atoms. The Labute approximate surface area is 120 Å². The van der Waals surface area contributed by atoms with Gasteiger partial charge in [0.2, 0.25) is 0 Å². The summed E-state index contributed by atoms with van der Waals surface area (Å²) in [4.78, 5) is 0. The third-order valence-electron chi connectivity index (χ3n) is 3.39. The molecule has 1 aliphatic carbocycles. The Hall–Kier alpha value is -0.990. The summed E-state index contributed by atoms with van der Waals surface area (Å²) in [6.45, 7) is 0. The van der Waals surface area contributed by atoms with Crippen LogP contribution in [0.15, 0.2) is 46.9 Å². The van der Waals surface area contributed by atoms with Gasteiger partial charge >= 0.3 is 0 Å². The lowest BCUT2D eigenvalue weighted by Crippen LogP contribution is -2.07. The van der Waals surface area contributed by atoms with Crippen molar-refractivity contribution in [2.24, 2.45) is 0 Å². The molecule has 18 heavy (non-hydrogen) atoms. The van der Waals surface area contributed by atoms with Crippen LogP contribution in [0.5, 0.6) is 0 Å². The average molecular weight is 323 g/mol. The van der Waals surface area contributed by atoms with E-state index >= 15 is 0 Å². The first-order valence-corrected chi connectivity index (χ1v) is 7.20. The number of hydrogen-bond donors (Lipinski definition) is 1. The maximum Gasteiger partial charge on any atom is 0.0520 e. The summed E-state index contributed by atoms with van der Waals surface area (Å²) < 4.78 is 1.01. The summed E-state index contributed by atoms with van der Waals surface area (Å²) in [5.41, 5.74) is 3.97. The lowest BCUT2D eigenvalue weighted by Gasteiger charge is -2.17. The zero-order valence-corrected chi connectivity index (χ0v) is 12.1.